The third-order valence-corrected chi connectivity index (χ3v) is 8.21. The molecule has 0 aliphatic carbocycles. The van der Waals surface area contributed by atoms with Crippen LogP contribution < -0.4 is 14.8 Å². The van der Waals surface area contributed by atoms with E-state index < -0.39 is 0 Å². The van der Waals surface area contributed by atoms with Crippen molar-refractivity contribution in [1.82, 2.24) is 4.90 Å². The highest BCUT2D eigenvalue weighted by molar-refractivity contribution is 9.11. The Morgan fingerprint density at radius 3 is 2.59 bits per heavy atom. The second kappa shape index (κ2) is 11.6. The minimum absolute atomic E-state index is 0.0546. The van der Waals surface area contributed by atoms with Gasteiger partial charge in [0.15, 0.2) is 11.5 Å². The topological polar surface area (TPSA) is 67.9 Å². The summed E-state index contributed by atoms with van der Waals surface area (Å²) in [6.07, 6.45) is 4.53. The van der Waals surface area contributed by atoms with Gasteiger partial charge in [-0.05, 0) is 80.6 Å². The van der Waals surface area contributed by atoms with Gasteiger partial charge in [-0.15, -0.1) is 0 Å². The fourth-order valence-electron chi connectivity index (χ4n) is 3.44. The number of halogens is 3. The maximum Gasteiger partial charge on any atom is 0.266 e. The minimum atomic E-state index is -0.0876. The van der Waals surface area contributed by atoms with Gasteiger partial charge in [0.25, 0.3) is 5.91 Å². The van der Waals surface area contributed by atoms with Gasteiger partial charge >= 0.3 is 0 Å². The molecule has 178 valence electrons. The number of nitrogens with one attached hydrogen (secondary N) is 1. The van der Waals surface area contributed by atoms with Crippen molar-refractivity contribution in [3.8, 4) is 11.5 Å². The number of benzene rings is 2. The third kappa shape index (κ3) is 6.23. The molecule has 1 fully saturated rings. The first kappa shape index (κ1) is 25.7. The molecule has 2 aromatic rings. The molecule has 2 aliphatic heterocycles. The molecule has 2 amide bonds. The molecular formula is C23H19Br3N2O4S2. The lowest BCUT2D eigenvalue weighted by Crippen LogP contribution is -2.29. The summed E-state index contributed by atoms with van der Waals surface area (Å²) < 4.78 is 13.8. The lowest BCUT2D eigenvalue weighted by molar-refractivity contribution is -0.122. The fraction of sp³-hybridized carbons (Fsp3) is 0.261. The Bertz CT molecular complexity index is 1170. The number of anilines is 1. The zero-order chi connectivity index (χ0) is 24.2. The van der Waals surface area contributed by atoms with E-state index in [2.05, 4.69) is 53.1 Å². The van der Waals surface area contributed by atoms with E-state index in [1.165, 1.54) is 11.8 Å². The Hall–Kier alpha value is -1.40. The van der Waals surface area contributed by atoms with Gasteiger partial charge in [-0.1, -0.05) is 52.4 Å². The summed E-state index contributed by atoms with van der Waals surface area (Å²) >= 11 is 17.1. The average Bonchev–Trinajstić information content (AvgIpc) is 3.35. The van der Waals surface area contributed by atoms with E-state index in [4.69, 9.17) is 21.7 Å². The largest absolute Gasteiger partial charge is 0.454 e. The van der Waals surface area contributed by atoms with E-state index in [9.17, 15) is 9.59 Å². The number of nitrogens with zero attached hydrogens (tertiary/aromatic N) is 1. The molecule has 1 saturated heterocycles. The standard InChI is InChI=1S/C23H19Br3N2O4S2/c24-14-10-15(25)21(16(26)11-14)27-20(29)4-2-1-3-7-28-22(30)19(34-23(28)33)9-13-5-6-17-18(8-13)32-12-31-17/h5-6,8-11H,1-4,7,12H2,(H,27,29)/b19-9-. The summed E-state index contributed by atoms with van der Waals surface area (Å²) in [6, 6.07) is 9.33. The highest BCUT2D eigenvalue weighted by Crippen LogP contribution is 2.37. The van der Waals surface area contributed by atoms with Crippen LogP contribution in [0.5, 0.6) is 11.5 Å². The third-order valence-electron chi connectivity index (χ3n) is 5.12. The van der Waals surface area contributed by atoms with Crippen LogP contribution in [-0.4, -0.2) is 34.4 Å². The Kier molecular flexibility index (Phi) is 8.73. The first-order valence-electron chi connectivity index (χ1n) is 10.4. The number of unbranched alkanes of at least 4 members (excludes halogenated alkanes) is 2. The molecule has 0 unspecified atom stereocenters. The second-order valence-corrected chi connectivity index (χ2v) is 11.8. The molecule has 11 heteroatoms. The van der Waals surface area contributed by atoms with Crippen LogP contribution in [0.2, 0.25) is 0 Å². The lowest BCUT2D eigenvalue weighted by Gasteiger charge is -2.14. The van der Waals surface area contributed by atoms with Crippen LogP contribution in [0.25, 0.3) is 6.08 Å². The molecule has 4 rings (SSSR count). The first-order chi connectivity index (χ1) is 16.3. The van der Waals surface area contributed by atoms with Crippen LogP contribution in [0.4, 0.5) is 5.69 Å². The molecule has 6 nitrogen and oxygen atoms in total. The van der Waals surface area contributed by atoms with Crippen molar-refractivity contribution < 1.29 is 19.1 Å². The first-order valence-corrected chi connectivity index (χ1v) is 14.0. The molecular weight excluding hydrogens is 672 g/mol. The average molecular weight is 691 g/mol. The Morgan fingerprint density at radius 1 is 1.09 bits per heavy atom. The van der Waals surface area contributed by atoms with Crippen molar-refractivity contribution in [1.29, 1.82) is 0 Å². The van der Waals surface area contributed by atoms with Crippen molar-refractivity contribution in [2.45, 2.75) is 25.7 Å². The fourth-order valence-corrected chi connectivity index (χ4v) is 7.21. The molecule has 0 aromatic heterocycles. The van der Waals surface area contributed by atoms with Gasteiger partial charge in [0, 0.05) is 26.4 Å². The number of fused-ring (bicyclic) bond motifs is 1. The van der Waals surface area contributed by atoms with Gasteiger partial charge in [0.1, 0.15) is 4.32 Å². The zero-order valence-electron chi connectivity index (χ0n) is 17.7. The highest BCUT2D eigenvalue weighted by Gasteiger charge is 2.31. The van der Waals surface area contributed by atoms with Crippen molar-refractivity contribution in [3.63, 3.8) is 0 Å². The monoisotopic (exact) mass is 688 g/mol. The number of thiocarbonyl (C=S) groups is 1. The molecule has 0 bridgehead atoms. The van der Waals surface area contributed by atoms with Crippen LogP contribution >= 0.6 is 71.8 Å². The lowest BCUT2D eigenvalue weighted by atomic mass is 10.1. The smallest absolute Gasteiger partial charge is 0.266 e. The number of hydrogen-bond donors (Lipinski definition) is 1. The van der Waals surface area contributed by atoms with Gasteiger partial charge in [-0.2, -0.15) is 0 Å². The molecule has 2 aliphatic rings. The maximum absolute atomic E-state index is 12.8. The van der Waals surface area contributed by atoms with E-state index >= 15 is 0 Å². The predicted octanol–water partition coefficient (Wildman–Crippen LogP) is 7.10. The van der Waals surface area contributed by atoms with E-state index in [0.29, 0.717) is 39.4 Å². The number of carbonyl (C=O) groups is 2. The van der Waals surface area contributed by atoms with E-state index in [1.807, 2.05) is 36.4 Å². The quantitative estimate of drug-likeness (QED) is 0.181. The summed E-state index contributed by atoms with van der Waals surface area (Å²) in [5.74, 6) is 1.24. The van der Waals surface area contributed by atoms with Crippen molar-refractivity contribution in [3.05, 3.63) is 54.2 Å². The van der Waals surface area contributed by atoms with E-state index in [0.717, 1.165) is 38.2 Å². The maximum atomic E-state index is 12.8. The summed E-state index contributed by atoms with van der Waals surface area (Å²) in [4.78, 5) is 27.4. The van der Waals surface area contributed by atoms with Gasteiger partial charge < -0.3 is 14.8 Å². The molecule has 0 atom stereocenters. The van der Waals surface area contributed by atoms with Crippen molar-refractivity contribution >= 4 is 99.7 Å². The normalized spacial score (nSPS) is 16.0. The van der Waals surface area contributed by atoms with Gasteiger partial charge in [0.2, 0.25) is 12.7 Å². The number of rotatable bonds is 8. The Morgan fingerprint density at radius 2 is 1.82 bits per heavy atom. The van der Waals surface area contributed by atoms with Crippen LogP contribution in [0, 0.1) is 0 Å². The zero-order valence-corrected chi connectivity index (χ0v) is 24.1. The number of amides is 2. The van der Waals surface area contributed by atoms with Crippen LogP contribution in [0.3, 0.4) is 0 Å². The van der Waals surface area contributed by atoms with Gasteiger partial charge in [-0.3, -0.25) is 14.5 Å². The summed E-state index contributed by atoms with van der Waals surface area (Å²) in [5, 5.41) is 2.93. The summed E-state index contributed by atoms with van der Waals surface area (Å²) in [7, 11) is 0. The van der Waals surface area contributed by atoms with Gasteiger partial charge in [0.05, 0.1) is 10.6 Å². The van der Waals surface area contributed by atoms with Gasteiger partial charge in [-0.25, -0.2) is 0 Å². The van der Waals surface area contributed by atoms with Crippen molar-refractivity contribution in [2.24, 2.45) is 0 Å². The molecule has 0 saturated carbocycles. The molecule has 1 N–H and O–H groups in total. The van der Waals surface area contributed by atoms with E-state index in [1.54, 1.807) is 4.90 Å². The minimum Gasteiger partial charge on any atom is -0.454 e. The molecule has 0 spiro atoms. The van der Waals surface area contributed by atoms with Crippen LogP contribution in [0.15, 0.2) is 48.7 Å². The number of carbonyl (C=O) groups excluding carboxylic acids is 2. The Balaban J connectivity index is 1.23. The van der Waals surface area contributed by atoms with Crippen molar-refractivity contribution in [2.75, 3.05) is 18.7 Å². The second-order valence-electron chi connectivity index (χ2n) is 7.55. The number of thioether (sulfide) groups is 1. The molecule has 34 heavy (non-hydrogen) atoms. The predicted molar refractivity (Wildman–Crippen MR) is 149 cm³/mol. The van der Waals surface area contributed by atoms with Crippen LogP contribution in [-0.2, 0) is 9.59 Å². The SMILES string of the molecule is O=C(CCCCCN1C(=O)/C(=C/c2ccc3c(c2)OCO3)SC1=S)Nc1c(Br)cc(Br)cc1Br. The summed E-state index contributed by atoms with van der Waals surface area (Å²) in [6.45, 7) is 0.746. The number of hydrogen-bond acceptors (Lipinski definition) is 6. The van der Waals surface area contributed by atoms with Crippen LogP contribution in [0.1, 0.15) is 31.2 Å². The molecule has 2 aromatic carbocycles. The Labute approximate surface area is 232 Å². The highest BCUT2D eigenvalue weighted by atomic mass is 79.9. The molecule has 0 radical (unpaired) electrons. The molecule has 2 heterocycles. The van der Waals surface area contributed by atoms with E-state index in [-0.39, 0.29) is 18.6 Å². The number of ether oxygens (including phenoxy) is 2. The summed E-state index contributed by atoms with van der Waals surface area (Å²) in [5.41, 5.74) is 1.57.